The summed E-state index contributed by atoms with van der Waals surface area (Å²) in [5, 5.41) is 9.80. The molecule has 0 saturated heterocycles. The summed E-state index contributed by atoms with van der Waals surface area (Å²) < 4.78 is 38.1. The van der Waals surface area contributed by atoms with E-state index >= 15 is 0 Å². The number of nitrogens with zero attached hydrogens (tertiary/aromatic N) is 1. The van der Waals surface area contributed by atoms with E-state index in [1.807, 2.05) is 0 Å². The molecule has 1 aromatic carbocycles. The summed E-state index contributed by atoms with van der Waals surface area (Å²) in [5.41, 5.74) is -0.0944. The van der Waals surface area contributed by atoms with Crippen LogP contribution in [0, 0.1) is 0 Å². The van der Waals surface area contributed by atoms with Crippen molar-refractivity contribution < 1.29 is 18.3 Å². The Labute approximate surface area is 103 Å². The normalized spacial score (nSPS) is 13.9. The molecule has 1 N–H and O–H groups in total. The smallest absolute Gasteiger partial charge is 0.379 e. The number of fused-ring (bicyclic) bond motifs is 1. The van der Waals surface area contributed by atoms with Gasteiger partial charge in [-0.15, -0.1) is 0 Å². The highest BCUT2D eigenvalue weighted by atomic mass is 79.9. The van der Waals surface area contributed by atoms with Crippen molar-refractivity contribution in [3.05, 3.63) is 40.5 Å². The molecule has 2 rings (SSSR count). The van der Waals surface area contributed by atoms with Crippen molar-refractivity contribution in [3.8, 4) is 0 Å². The van der Waals surface area contributed by atoms with Crippen LogP contribution in [0.25, 0.3) is 10.9 Å². The molecule has 2 nitrogen and oxygen atoms in total. The van der Waals surface area contributed by atoms with Crippen LogP contribution in [0.5, 0.6) is 0 Å². The molecule has 6 heteroatoms. The second-order valence-electron chi connectivity index (χ2n) is 3.48. The first kappa shape index (κ1) is 12.3. The van der Waals surface area contributed by atoms with Gasteiger partial charge in [-0.05, 0) is 12.1 Å². The number of hydrogen-bond donors (Lipinski definition) is 1. The first-order chi connectivity index (χ1) is 7.91. The third kappa shape index (κ3) is 2.28. The third-order valence-corrected chi connectivity index (χ3v) is 3.04. The molecule has 0 aliphatic heterocycles. The summed E-state index contributed by atoms with van der Waals surface area (Å²) >= 11 is 3.23. The first-order valence-electron chi connectivity index (χ1n) is 4.69. The number of aliphatic hydroxyl groups excluding tert-OH is 1. The van der Waals surface area contributed by atoms with Gasteiger partial charge < -0.3 is 5.11 Å². The van der Waals surface area contributed by atoms with Crippen LogP contribution < -0.4 is 0 Å². The lowest BCUT2D eigenvalue weighted by molar-refractivity contribution is -0.206. The predicted octanol–water partition coefficient (Wildman–Crippen LogP) is 3.59. The van der Waals surface area contributed by atoms with Crippen molar-refractivity contribution in [2.45, 2.75) is 12.3 Å². The molecule has 0 fully saturated rings. The van der Waals surface area contributed by atoms with Gasteiger partial charge in [0.1, 0.15) is 0 Å². The summed E-state index contributed by atoms with van der Waals surface area (Å²) in [6.07, 6.45) is -5.83. The standard InChI is InChI=1S/C11H7BrF3NO/c12-8-4-3-7(10(17)11(13,14)15)9-6(8)2-1-5-16-9/h1-5,10,17H. The number of pyridine rings is 1. The molecule has 0 bridgehead atoms. The molecular formula is C11H7BrF3NO. The average Bonchev–Trinajstić information content (AvgIpc) is 2.28. The molecule has 0 radical (unpaired) electrons. The SMILES string of the molecule is OC(c1ccc(Br)c2cccnc12)C(F)(F)F. The van der Waals surface area contributed by atoms with Crippen LogP contribution in [0.2, 0.25) is 0 Å². The van der Waals surface area contributed by atoms with Crippen LogP contribution in [0.4, 0.5) is 13.2 Å². The molecule has 0 aliphatic carbocycles. The van der Waals surface area contributed by atoms with E-state index in [0.29, 0.717) is 9.86 Å². The maximum absolute atomic E-state index is 12.5. The minimum absolute atomic E-state index is 0.145. The van der Waals surface area contributed by atoms with Crippen molar-refractivity contribution in [2.24, 2.45) is 0 Å². The van der Waals surface area contributed by atoms with Gasteiger partial charge in [0.15, 0.2) is 6.10 Å². The zero-order valence-corrected chi connectivity index (χ0v) is 9.96. The fraction of sp³-hybridized carbons (Fsp3) is 0.182. The van der Waals surface area contributed by atoms with Gasteiger partial charge in [0.25, 0.3) is 0 Å². The molecule has 0 spiro atoms. The number of alkyl halides is 3. The van der Waals surface area contributed by atoms with Gasteiger partial charge in [-0.25, -0.2) is 0 Å². The van der Waals surface area contributed by atoms with E-state index in [4.69, 9.17) is 0 Å². The molecule has 0 aliphatic rings. The predicted molar refractivity (Wildman–Crippen MR) is 60.5 cm³/mol. The van der Waals surface area contributed by atoms with Gasteiger partial charge in [-0.1, -0.05) is 28.1 Å². The monoisotopic (exact) mass is 305 g/mol. The van der Waals surface area contributed by atoms with E-state index in [1.54, 1.807) is 12.1 Å². The molecule has 17 heavy (non-hydrogen) atoms. The van der Waals surface area contributed by atoms with Gasteiger partial charge in [0, 0.05) is 21.6 Å². The lowest BCUT2D eigenvalue weighted by atomic mass is 10.0. The number of aliphatic hydroxyl groups is 1. The fourth-order valence-corrected chi connectivity index (χ4v) is 2.01. The van der Waals surface area contributed by atoms with Gasteiger partial charge in [0.2, 0.25) is 0 Å². The molecule has 90 valence electrons. The van der Waals surface area contributed by atoms with Crippen LogP contribution >= 0.6 is 15.9 Å². The zero-order chi connectivity index (χ0) is 12.6. The van der Waals surface area contributed by atoms with Crippen LogP contribution in [0.1, 0.15) is 11.7 Å². The minimum Gasteiger partial charge on any atom is -0.379 e. The highest BCUT2D eigenvalue weighted by molar-refractivity contribution is 9.10. The minimum atomic E-state index is -4.70. The average molecular weight is 306 g/mol. The molecule has 1 heterocycles. The largest absolute Gasteiger partial charge is 0.418 e. The molecule has 1 atom stereocenters. The maximum atomic E-state index is 12.5. The summed E-state index contributed by atoms with van der Waals surface area (Å²) in [4.78, 5) is 3.89. The molecule has 0 saturated carbocycles. The molecular weight excluding hydrogens is 299 g/mol. The van der Waals surface area contributed by atoms with Crippen LogP contribution in [0.15, 0.2) is 34.9 Å². The number of benzene rings is 1. The second kappa shape index (κ2) is 4.27. The maximum Gasteiger partial charge on any atom is 0.418 e. The first-order valence-corrected chi connectivity index (χ1v) is 5.48. The Morgan fingerprint density at radius 1 is 1.24 bits per heavy atom. The highest BCUT2D eigenvalue weighted by Crippen LogP contribution is 2.36. The van der Waals surface area contributed by atoms with Gasteiger partial charge >= 0.3 is 6.18 Å². The number of rotatable bonds is 1. The Bertz CT molecular complexity index is 556. The van der Waals surface area contributed by atoms with Crippen molar-refractivity contribution in [2.75, 3.05) is 0 Å². The Morgan fingerprint density at radius 2 is 1.94 bits per heavy atom. The van der Waals surface area contributed by atoms with E-state index < -0.39 is 12.3 Å². The van der Waals surface area contributed by atoms with E-state index in [1.165, 1.54) is 18.3 Å². The lowest BCUT2D eigenvalue weighted by Gasteiger charge is -2.16. The van der Waals surface area contributed by atoms with Crippen molar-refractivity contribution in [3.63, 3.8) is 0 Å². The number of hydrogen-bond acceptors (Lipinski definition) is 2. The van der Waals surface area contributed by atoms with Crippen LogP contribution in [-0.4, -0.2) is 16.3 Å². The molecule has 1 unspecified atom stereocenters. The van der Waals surface area contributed by atoms with Crippen molar-refractivity contribution in [1.82, 2.24) is 4.98 Å². The van der Waals surface area contributed by atoms with E-state index in [0.717, 1.165) is 0 Å². The van der Waals surface area contributed by atoms with E-state index in [2.05, 4.69) is 20.9 Å². The van der Waals surface area contributed by atoms with Crippen molar-refractivity contribution in [1.29, 1.82) is 0 Å². The van der Waals surface area contributed by atoms with Gasteiger partial charge in [0.05, 0.1) is 5.52 Å². The summed E-state index contributed by atoms with van der Waals surface area (Å²) in [6.45, 7) is 0. The van der Waals surface area contributed by atoms with Crippen molar-refractivity contribution >= 4 is 26.8 Å². The molecule has 2 aromatic rings. The highest BCUT2D eigenvalue weighted by Gasteiger charge is 2.40. The second-order valence-corrected chi connectivity index (χ2v) is 4.33. The van der Waals surface area contributed by atoms with Crippen LogP contribution in [-0.2, 0) is 0 Å². The number of aromatic nitrogens is 1. The Kier molecular flexibility index (Phi) is 3.09. The Morgan fingerprint density at radius 3 is 2.59 bits per heavy atom. The quantitative estimate of drug-likeness (QED) is 0.873. The van der Waals surface area contributed by atoms with Gasteiger partial charge in [-0.3, -0.25) is 4.98 Å². The Hall–Kier alpha value is -1.14. The fourth-order valence-electron chi connectivity index (χ4n) is 1.56. The van der Waals surface area contributed by atoms with E-state index in [-0.39, 0.29) is 11.1 Å². The van der Waals surface area contributed by atoms with E-state index in [9.17, 15) is 18.3 Å². The summed E-state index contributed by atoms with van der Waals surface area (Å²) in [6, 6.07) is 5.95. The Balaban J connectivity index is 2.67. The van der Waals surface area contributed by atoms with Crippen LogP contribution in [0.3, 0.4) is 0 Å². The zero-order valence-electron chi connectivity index (χ0n) is 8.37. The van der Waals surface area contributed by atoms with Gasteiger partial charge in [-0.2, -0.15) is 13.2 Å². The summed E-state index contributed by atoms with van der Waals surface area (Å²) in [7, 11) is 0. The molecule has 0 amide bonds. The third-order valence-electron chi connectivity index (χ3n) is 2.35. The molecule has 1 aromatic heterocycles. The topological polar surface area (TPSA) is 33.1 Å². The number of halogens is 4. The lowest BCUT2D eigenvalue weighted by Crippen LogP contribution is -2.20. The summed E-state index contributed by atoms with van der Waals surface area (Å²) in [5.74, 6) is 0.